The molecule has 0 saturated carbocycles. The van der Waals surface area contributed by atoms with E-state index in [0.717, 1.165) is 22.7 Å². The van der Waals surface area contributed by atoms with E-state index in [1.165, 1.54) is 6.07 Å². The van der Waals surface area contributed by atoms with Crippen LogP contribution in [0.4, 0.5) is 0 Å². The average molecular weight is 396 g/mol. The molecule has 0 fully saturated rings. The van der Waals surface area contributed by atoms with Crippen LogP contribution in [-0.2, 0) is 10.0 Å². The minimum absolute atomic E-state index is 0.0318. The molecule has 8 heteroatoms. The van der Waals surface area contributed by atoms with Crippen molar-refractivity contribution in [1.82, 2.24) is 14.5 Å². The van der Waals surface area contributed by atoms with Gasteiger partial charge in [-0.25, -0.2) is 17.8 Å². The van der Waals surface area contributed by atoms with Crippen LogP contribution in [-0.4, -0.2) is 18.2 Å². The number of rotatable bonds is 6. The van der Waals surface area contributed by atoms with E-state index in [4.69, 9.17) is 11.6 Å². The summed E-state index contributed by atoms with van der Waals surface area (Å²) in [4.78, 5) is 0. The Morgan fingerprint density at radius 2 is 1.84 bits per heavy atom. The number of aromatic nitrogens is 2. The zero-order valence-corrected chi connectivity index (χ0v) is 16.1. The molecule has 2 heterocycles. The van der Waals surface area contributed by atoms with Gasteiger partial charge in [-0.2, -0.15) is 5.10 Å². The fourth-order valence-electron chi connectivity index (χ4n) is 2.54. The molecule has 3 aromatic rings. The second-order valence-electron chi connectivity index (χ2n) is 5.90. The van der Waals surface area contributed by atoms with Gasteiger partial charge in [-0.05, 0) is 36.2 Å². The molecule has 1 aromatic carbocycles. The van der Waals surface area contributed by atoms with Crippen LogP contribution >= 0.6 is 22.9 Å². The van der Waals surface area contributed by atoms with Gasteiger partial charge in [0.05, 0.1) is 21.8 Å². The van der Waals surface area contributed by atoms with E-state index in [9.17, 15) is 8.42 Å². The van der Waals surface area contributed by atoms with Gasteiger partial charge in [0, 0.05) is 6.20 Å². The molecule has 0 bridgehead atoms. The summed E-state index contributed by atoms with van der Waals surface area (Å²) in [7, 11) is -3.67. The maximum Gasteiger partial charge on any atom is 0.250 e. The summed E-state index contributed by atoms with van der Waals surface area (Å²) in [5.41, 5.74) is 1.67. The second kappa shape index (κ2) is 7.29. The Hall–Kier alpha value is -1.67. The van der Waals surface area contributed by atoms with Gasteiger partial charge in [0.25, 0.3) is 10.0 Å². The molecule has 0 aliphatic carbocycles. The van der Waals surface area contributed by atoms with Gasteiger partial charge < -0.3 is 0 Å². The summed E-state index contributed by atoms with van der Waals surface area (Å²) in [6.07, 6.45) is 1.67. The van der Waals surface area contributed by atoms with Crippen molar-refractivity contribution in [1.29, 1.82) is 0 Å². The predicted molar refractivity (Wildman–Crippen MR) is 101 cm³/mol. The van der Waals surface area contributed by atoms with Crippen LogP contribution in [0, 0.1) is 5.92 Å². The number of para-hydroxylation sites is 1. The van der Waals surface area contributed by atoms with Crippen molar-refractivity contribution < 1.29 is 8.42 Å². The van der Waals surface area contributed by atoms with Gasteiger partial charge in [-0.1, -0.05) is 43.6 Å². The Labute approximate surface area is 156 Å². The number of hydrogen-bond donors (Lipinski definition) is 1. The maximum atomic E-state index is 12.7. The summed E-state index contributed by atoms with van der Waals surface area (Å²) in [5.74, 6) is 0.0318. The Balaban J connectivity index is 1.97. The highest BCUT2D eigenvalue weighted by atomic mass is 35.5. The second-order valence-corrected chi connectivity index (χ2v) is 9.56. The molecule has 0 aliphatic rings. The Kier molecular flexibility index (Phi) is 5.29. The molecule has 1 N–H and O–H groups in total. The van der Waals surface area contributed by atoms with E-state index in [2.05, 4.69) is 9.82 Å². The lowest BCUT2D eigenvalue weighted by molar-refractivity contribution is 0.446. The van der Waals surface area contributed by atoms with Gasteiger partial charge in [-0.15, -0.1) is 11.3 Å². The van der Waals surface area contributed by atoms with Crippen LogP contribution in [0.2, 0.25) is 4.34 Å². The third-order valence-corrected chi connectivity index (χ3v) is 6.92. The fourth-order valence-corrected chi connectivity index (χ4v) is 5.40. The van der Waals surface area contributed by atoms with Crippen LogP contribution in [0.25, 0.3) is 5.69 Å². The first kappa shape index (κ1) is 18.1. The van der Waals surface area contributed by atoms with Gasteiger partial charge in [0.2, 0.25) is 0 Å². The Bertz CT molecular complexity index is 949. The van der Waals surface area contributed by atoms with Crippen LogP contribution < -0.4 is 4.72 Å². The van der Waals surface area contributed by atoms with Crippen molar-refractivity contribution in [2.45, 2.75) is 24.1 Å². The number of sulfonamides is 1. The Morgan fingerprint density at radius 1 is 1.12 bits per heavy atom. The molecule has 25 heavy (non-hydrogen) atoms. The highest BCUT2D eigenvalue weighted by molar-refractivity contribution is 7.91. The molecule has 0 saturated heterocycles. The van der Waals surface area contributed by atoms with E-state index in [-0.39, 0.29) is 10.1 Å². The lowest BCUT2D eigenvalue weighted by Gasteiger charge is -2.23. The summed E-state index contributed by atoms with van der Waals surface area (Å²) in [6, 6.07) is 14.1. The van der Waals surface area contributed by atoms with Crippen molar-refractivity contribution in [3.63, 3.8) is 0 Å². The molecular weight excluding hydrogens is 378 g/mol. The number of hydrogen-bond acceptors (Lipinski definition) is 4. The first-order valence-corrected chi connectivity index (χ1v) is 10.4. The number of benzene rings is 1. The number of nitrogens with one attached hydrogen (secondary N) is 1. The smallest absolute Gasteiger partial charge is 0.236 e. The van der Waals surface area contributed by atoms with Crippen LogP contribution in [0.1, 0.15) is 25.6 Å². The van der Waals surface area contributed by atoms with E-state index in [1.807, 2.05) is 50.2 Å². The zero-order chi connectivity index (χ0) is 18.0. The average Bonchev–Trinajstić information content (AvgIpc) is 3.22. The van der Waals surface area contributed by atoms with Gasteiger partial charge in [0.1, 0.15) is 4.21 Å². The lowest BCUT2D eigenvalue weighted by Crippen LogP contribution is -2.32. The third kappa shape index (κ3) is 3.95. The minimum Gasteiger partial charge on any atom is -0.236 e. The molecule has 1 atom stereocenters. The largest absolute Gasteiger partial charge is 0.250 e. The molecular formula is C17H18ClN3O2S2. The number of nitrogens with zero attached hydrogens (tertiary/aromatic N) is 2. The van der Waals surface area contributed by atoms with Gasteiger partial charge in [-0.3, -0.25) is 0 Å². The van der Waals surface area contributed by atoms with Crippen molar-refractivity contribution in [2.24, 2.45) is 5.92 Å². The maximum absolute atomic E-state index is 12.7. The van der Waals surface area contributed by atoms with E-state index in [1.54, 1.807) is 16.9 Å². The van der Waals surface area contributed by atoms with E-state index in [0.29, 0.717) is 4.34 Å². The van der Waals surface area contributed by atoms with Gasteiger partial charge in [0.15, 0.2) is 0 Å². The SMILES string of the molecule is CC(C)C(NS(=O)(=O)c1ccc(Cl)s1)c1ccnn1-c1ccccc1. The third-order valence-electron chi connectivity index (χ3n) is 3.75. The number of halogens is 1. The molecule has 5 nitrogen and oxygen atoms in total. The van der Waals surface area contributed by atoms with Crippen LogP contribution in [0.3, 0.4) is 0 Å². The summed E-state index contributed by atoms with van der Waals surface area (Å²) in [5, 5.41) is 4.36. The highest BCUT2D eigenvalue weighted by Gasteiger charge is 2.27. The number of thiophene rings is 1. The van der Waals surface area contributed by atoms with E-state index >= 15 is 0 Å². The quantitative estimate of drug-likeness (QED) is 0.678. The van der Waals surface area contributed by atoms with Gasteiger partial charge >= 0.3 is 0 Å². The van der Waals surface area contributed by atoms with Crippen molar-refractivity contribution >= 4 is 33.0 Å². The summed E-state index contributed by atoms with van der Waals surface area (Å²) >= 11 is 6.92. The zero-order valence-electron chi connectivity index (χ0n) is 13.8. The predicted octanol–water partition coefficient (Wildman–Crippen LogP) is 4.26. The standard InChI is InChI=1S/C17H18ClN3O2S2/c1-12(2)17(20-25(22,23)16-9-8-15(18)24-16)14-10-11-19-21(14)13-6-4-3-5-7-13/h3-12,17,20H,1-2H3. The van der Waals surface area contributed by atoms with Crippen molar-refractivity contribution in [3.8, 4) is 5.69 Å². The first-order valence-electron chi connectivity index (χ1n) is 7.75. The molecule has 132 valence electrons. The topological polar surface area (TPSA) is 64.0 Å². The normalized spacial score (nSPS) is 13.3. The Morgan fingerprint density at radius 3 is 2.44 bits per heavy atom. The van der Waals surface area contributed by atoms with E-state index < -0.39 is 16.1 Å². The van der Waals surface area contributed by atoms with Crippen molar-refractivity contribution in [2.75, 3.05) is 0 Å². The van der Waals surface area contributed by atoms with Crippen molar-refractivity contribution in [3.05, 3.63) is 64.8 Å². The molecule has 1 unspecified atom stereocenters. The van der Waals surface area contributed by atoms with Crippen LogP contribution in [0.15, 0.2) is 58.9 Å². The molecule has 3 rings (SSSR count). The highest BCUT2D eigenvalue weighted by Crippen LogP contribution is 2.29. The molecule has 0 amide bonds. The molecule has 0 aliphatic heterocycles. The first-order chi connectivity index (χ1) is 11.9. The minimum atomic E-state index is -3.67. The molecule has 0 radical (unpaired) electrons. The van der Waals surface area contributed by atoms with Crippen LogP contribution in [0.5, 0.6) is 0 Å². The molecule has 2 aromatic heterocycles. The summed E-state index contributed by atoms with van der Waals surface area (Å²) < 4.78 is 30.6. The summed E-state index contributed by atoms with van der Waals surface area (Å²) in [6.45, 7) is 3.94. The lowest BCUT2D eigenvalue weighted by atomic mass is 10.0. The fraction of sp³-hybridized carbons (Fsp3) is 0.235. The monoisotopic (exact) mass is 395 g/mol. The molecule has 0 spiro atoms.